The standard InChI is InChI=1S/C19H21BF2O2/c1-18(2)19(3,4)24-20(23-18)15-10-8-13(9-11-15)12-14-6-5-7-16(21)17(14)22/h5-11H,12H2,1-4H3. The fourth-order valence-electron chi connectivity index (χ4n) is 2.68. The van der Waals surface area contributed by atoms with Crippen LogP contribution in [0, 0.1) is 11.6 Å². The molecule has 2 nitrogen and oxygen atoms in total. The zero-order valence-electron chi connectivity index (χ0n) is 14.4. The monoisotopic (exact) mass is 330 g/mol. The first-order chi connectivity index (χ1) is 11.2. The van der Waals surface area contributed by atoms with Crippen molar-refractivity contribution < 1.29 is 18.1 Å². The second kappa shape index (κ2) is 5.98. The molecule has 126 valence electrons. The lowest BCUT2D eigenvalue weighted by molar-refractivity contribution is 0.00578. The maximum Gasteiger partial charge on any atom is 0.494 e. The van der Waals surface area contributed by atoms with E-state index in [-0.39, 0.29) is 11.2 Å². The average Bonchev–Trinajstić information content (AvgIpc) is 2.73. The third-order valence-corrected chi connectivity index (χ3v) is 4.93. The molecule has 0 atom stereocenters. The highest BCUT2D eigenvalue weighted by atomic mass is 19.2. The van der Waals surface area contributed by atoms with E-state index in [1.807, 2.05) is 52.0 Å². The van der Waals surface area contributed by atoms with Crippen LogP contribution in [0.4, 0.5) is 8.78 Å². The molecule has 5 heteroatoms. The summed E-state index contributed by atoms with van der Waals surface area (Å²) in [6.07, 6.45) is 0.341. The first-order valence-electron chi connectivity index (χ1n) is 8.07. The van der Waals surface area contributed by atoms with Gasteiger partial charge >= 0.3 is 7.12 Å². The minimum atomic E-state index is -0.818. The lowest BCUT2D eigenvalue weighted by Crippen LogP contribution is -2.41. The van der Waals surface area contributed by atoms with Gasteiger partial charge in [0.25, 0.3) is 0 Å². The predicted octanol–water partition coefficient (Wildman–Crippen LogP) is 3.85. The molecule has 0 bridgehead atoms. The van der Waals surface area contributed by atoms with Gasteiger partial charge in [-0.3, -0.25) is 0 Å². The molecule has 0 unspecified atom stereocenters. The highest BCUT2D eigenvalue weighted by Crippen LogP contribution is 2.36. The Bertz CT molecular complexity index is 726. The van der Waals surface area contributed by atoms with Crippen molar-refractivity contribution in [1.29, 1.82) is 0 Å². The highest BCUT2D eigenvalue weighted by molar-refractivity contribution is 6.62. The summed E-state index contributed by atoms with van der Waals surface area (Å²) in [5, 5.41) is 0. The average molecular weight is 330 g/mol. The van der Waals surface area contributed by atoms with E-state index >= 15 is 0 Å². The molecule has 0 radical (unpaired) electrons. The summed E-state index contributed by atoms with van der Waals surface area (Å²) in [4.78, 5) is 0. The Kier molecular flexibility index (Phi) is 4.26. The number of hydrogen-bond acceptors (Lipinski definition) is 2. The molecular formula is C19H21BF2O2. The van der Waals surface area contributed by atoms with Gasteiger partial charge in [-0.2, -0.15) is 0 Å². The number of rotatable bonds is 3. The van der Waals surface area contributed by atoms with Gasteiger partial charge in [0, 0.05) is 6.42 Å². The maximum atomic E-state index is 13.8. The van der Waals surface area contributed by atoms with Crippen LogP contribution in [0.1, 0.15) is 38.8 Å². The van der Waals surface area contributed by atoms with Crippen LogP contribution in [0.15, 0.2) is 42.5 Å². The fraction of sp³-hybridized carbons (Fsp3) is 0.368. The van der Waals surface area contributed by atoms with Crippen molar-refractivity contribution in [2.45, 2.75) is 45.3 Å². The van der Waals surface area contributed by atoms with E-state index in [0.29, 0.717) is 12.0 Å². The molecule has 0 aromatic heterocycles. The Morgan fingerprint density at radius 3 is 2.04 bits per heavy atom. The smallest absolute Gasteiger partial charge is 0.399 e. The minimum Gasteiger partial charge on any atom is -0.399 e. The first kappa shape index (κ1) is 17.1. The topological polar surface area (TPSA) is 18.5 Å². The Hall–Kier alpha value is -1.72. The predicted molar refractivity (Wildman–Crippen MR) is 91.3 cm³/mol. The first-order valence-corrected chi connectivity index (χ1v) is 8.07. The van der Waals surface area contributed by atoms with E-state index in [9.17, 15) is 8.78 Å². The van der Waals surface area contributed by atoms with Crippen LogP contribution in [0.25, 0.3) is 0 Å². The quantitative estimate of drug-likeness (QED) is 0.796. The van der Waals surface area contributed by atoms with Gasteiger partial charge in [0.05, 0.1) is 11.2 Å². The van der Waals surface area contributed by atoms with Gasteiger partial charge in [-0.1, -0.05) is 36.4 Å². The van der Waals surface area contributed by atoms with E-state index in [1.54, 1.807) is 6.07 Å². The van der Waals surface area contributed by atoms with Crippen molar-refractivity contribution in [3.8, 4) is 0 Å². The summed E-state index contributed by atoms with van der Waals surface area (Å²) in [7, 11) is -0.421. The van der Waals surface area contributed by atoms with Crippen LogP contribution in [-0.4, -0.2) is 18.3 Å². The van der Waals surface area contributed by atoms with Gasteiger partial charge in [0.2, 0.25) is 0 Å². The molecule has 0 saturated carbocycles. The largest absolute Gasteiger partial charge is 0.494 e. The molecule has 1 aliphatic heterocycles. The van der Waals surface area contributed by atoms with Gasteiger partial charge in [0.1, 0.15) is 0 Å². The molecular weight excluding hydrogens is 309 g/mol. The third kappa shape index (κ3) is 3.11. The zero-order valence-corrected chi connectivity index (χ0v) is 14.4. The van der Waals surface area contributed by atoms with Crippen LogP contribution >= 0.6 is 0 Å². The molecule has 24 heavy (non-hydrogen) atoms. The van der Waals surface area contributed by atoms with Crippen molar-refractivity contribution in [3.63, 3.8) is 0 Å². The third-order valence-electron chi connectivity index (χ3n) is 4.93. The van der Waals surface area contributed by atoms with Crippen molar-refractivity contribution >= 4 is 12.6 Å². The lowest BCUT2D eigenvalue weighted by Gasteiger charge is -2.32. The van der Waals surface area contributed by atoms with Crippen molar-refractivity contribution in [3.05, 3.63) is 65.2 Å². The van der Waals surface area contributed by atoms with E-state index in [1.165, 1.54) is 6.07 Å². The lowest BCUT2D eigenvalue weighted by atomic mass is 9.78. The summed E-state index contributed by atoms with van der Waals surface area (Å²) in [6.45, 7) is 8.03. The molecule has 1 fully saturated rings. The normalized spacial score (nSPS) is 18.8. The SMILES string of the molecule is CC1(C)OB(c2ccc(Cc3cccc(F)c3F)cc2)OC1(C)C. The summed E-state index contributed by atoms with van der Waals surface area (Å²) >= 11 is 0. The Morgan fingerprint density at radius 2 is 1.46 bits per heavy atom. The summed E-state index contributed by atoms with van der Waals surface area (Å²) in [5.74, 6) is -1.60. The molecule has 0 aliphatic carbocycles. The second-order valence-corrected chi connectivity index (χ2v) is 7.22. The Morgan fingerprint density at radius 1 is 0.875 bits per heavy atom. The van der Waals surface area contributed by atoms with E-state index in [2.05, 4.69) is 0 Å². The number of benzene rings is 2. The molecule has 0 spiro atoms. The van der Waals surface area contributed by atoms with Gasteiger partial charge in [-0.05, 0) is 50.4 Å². The Labute approximate surface area is 141 Å². The summed E-state index contributed by atoms with van der Waals surface area (Å²) in [6, 6.07) is 11.9. The molecule has 0 N–H and O–H groups in total. The highest BCUT2D eigenvalue weighted by Gasteiger charge is 2.51. The second-order valence-electron chi connectivity index (χ2n) is 7.22. The van der Waals surface area contributed by atoms with Crippen LogP contribution < -0.4 is 5.46 Å². The molecule has 1 saturated heterocycles. The maximum absolute atomic E-state index is 13.8. The number of halogens is 2. The van der Waals surface area contributed by atoms with E-state index in [4.69, 9.17) is 9.31 Å². The van der Waals surface area contributed by atoms with Crippen molar-refractivity contribution in [2.75, 3.05) is 0 Å². The minimum absolute atomic E-state index is 0.341. The van der Waals surface area contributed by atoms with Gasteiger partial charge in [-0.15, -0.1) is 0 Å². The molecule has 1 heterocycles. The van der Waals surface area contributed by atoms with Gasteiger partial charge in [-0.25, -0.2) is 8.78 Å². The van der Waals surface area contributed by atoms with Crippen LogP contribution in [0.2, 0.25) is 0 Å². The summed E-state index contributed by atoms with van der Waals surface area (Å²) in [5.41, 5.74) is 1.39. The Balaban J connectivity index is 1.76. The zero-order chi connectivity index (χ0) is 17.5. The molecule has 1 aliphatic rings. The molecule has 0 amide bonds. The van der Waals surface area contributed by atoms with Crippen molar-refractivity contribution in [2.24, 2.45) is 0 Å². The molecule has 3 rings (SSSR count). The fourth-order valence-corrected chi connectivity index (χ4v) is 2.68. The summed E-state index contributed by atoms with van der Waals surface area (Å²) < 4.78 is 39.1. The van der Waals surface area contributed by atoms with E-state index < -0.39 is 18.8 Å². The van der Waals surface area contributed by atoms with Crippen LogP contribution in [0.3, 0.4) is 0 Å². The van der Waals surface area contributed by atoms with E-state index in [0.717, 1.165) is 17.1 Å². The molecule has 2 aromatic carbocycles. The van der Waals surface area contributed by atoms with Crippen LogP contribution in [-0.2, 0) is 15.7 Å². The van der Waals surface area contributed by atoms with Gasteiger partial charge in [0.15, 0.2) is 11.6 Å². The van der Waals surface area contributed by atoms with Crippen LogP contribution in [0.5, 0.6) is 0 Å². The molecule has 2 aromatic rings. The van der Waals surface area contributed by atoms with Crippen molar-refractivity contribution in [1.82, 2.24) is 0 Å². The van der Waals surface area contributed by atoms with Gasteiger partial charge < -0.3 is 9.31 Å². The number of hydrogen-bond donors (Lipinski definition) is 0.